The van der Waals surface area contributed by atoms with Gasteiger partial charge in [0.25, 0.3) is 0 Å². The number of hydrogen-bond acceptors (Lipinski definition) is 5. The van der Waals surface area contributed by atoms with Crippen LogP contribution >= 0.6 is 0 Å². The molecule has 11 aromatic rings. The molecular weight excluding hydrogens is 665 g/mol. The van der Waals surface area contributed by atoms with Crippen molar-refractivity contribution in [1.82, 2.24) is 4.98 Å². The number of anilines is 3. The van der Waals surface area contributed by atoms with Gasteiger partial charge in [0.2, 0.25) is 5.89 Å². The van der Waals surface area contributed by atoms with Gasteiger partial charge < -0.3 is 18.2 Å². The number of furan rings is 2. The van der Waals surface area contributed by atoms with Crippen molar-refractivity contribution in [2.45, 2.75) is 0 Å². The SMILES string of the molecule is c1ccc(-c2nc3cc4c(oc5ccccc54)c(N(c4ccc(-c5ccccc5)c(-c5ccccc5)c4)c4cccc5oc6ccccc6c45)c3o2)cc1. The normalized spacial score (nSPS) is 11.7. The van der Waals surface area contributed by atoms with Gasteiger partial charge in [-0.1, -0.05) is 127 Å². The van der Waals surface area contributed by atoms with E-state index in [0.29, 0.717) is 17.1 Å². The van der Waals surface area contributed by atoms with Gasteiger partial charge in [0.15, 0.2) is 11.2 Å². The van der Waals surface area contributed by atoms with E-state index in [0.717, 1.165) is 88.7 Å². The van der Waals surface area contributed by atoms with Gasteiger partial charge in [-0.2, -0.15) is 0 Å². The van der Waals surface area contributed by atoms with Crippen LogP contribution in [0.4, 0.5) is 17.1 Å². The van der Waals surface area contributed by atoms with E-state index in [-0.39, 0.29) is 0 Å². The number of aromatic nitrogens is 1. The molecule has 5 nitrogen and oxygen atoms in total. The second-order valence-electron chi connectivity index (χ2n) is 13.5. The van der Waals surface area contributed by atoms with E-state index in [1.165, 1.54) is 0 Å². The van der Waals surface area contributed by atoms with Gasteiger partial charge in [0.1, 0.15) is 28.0 Å². The lowest BCUT2D eigenvalue weighted by atomic mass is 9.93. The molecule has 0 saturated carbocycles. The Labute approximate surface area is 309 Å². The van der Waals surface area contributed by atoms with Crippen LogP contribution in [0.25, 0.3) is 88.7 Å². The van der Waals surface area contributed by atoms with Crippen LogP contribution in [0.1, 0.15) is 0 Å². The second-order valence-corrected chi connectivity index (χ2v) is 13.5. The number of fused-ring (bicyclic) bond motifs is 7. The summed E-state index contributed by atoms with van der Waals surface area (Å²) in [5.41, 5.74) is 12.5. The highest BCUT2D eigenvalue weighted by molar-refractivity contribution is 6.20. The van der Waals surface area contributed by atoms with Crippen LogP contribution in [0.15, 0.2) is 195 Å². The van der Waals surface area contributed by atoms with Gasteiger partial charge in [0, 0.05) is 27.4 Å². The average molecular weight is 695 g/mol. The fraction of sp³-hybridized carbons (Fsp3) is 0. The molecule has 0 atom stereocenters. The maximum absolute atomic E-state index is 6.87. The molecule has 254 valence electrons. The molecule has 0 saturated heterocycles. The van der Waals surface area contributed by atoms with Gasteiger partial charge in [0.05, 0.1) is 11.1 Å². The summed E-state index contributed by atoms with van der Waals surface area (Å²) in [6.45, 7) is 0. The zero-order valence-corrected chi connectivity index (χ0v) is 28.9. The van der Waals surface area contributed by atoms with Crippen molar-refractivity contribution in [3.05, 3.63) is 182 Å². The lowest BCUT2D eigenvalue weighted by molar-refractivity contribution is 0.618. The largest absolute Gasteiger partial charge is 0.456 e. The van der Waals surface area contributed by atoms with Crippen LogP contribution in [0.2, 0.25) is 0 Å². The van der Waals surface area contributed by atoms with Crippen molar-refractivity contribution in [2.24, 2.45) is 0 Å². The number of para-hydroxylation sites is 2. The van der Waals surface area contributed by atoms with Crippen LogP contribution in [-0.4, -0.2) is 4.98 Å². The molecule has 8 aromatic carbocycles. The fourth-order valence-electron chi connectivity index (χ4n) is 7.86. The summed E-state index contributed by atoms with van der Waals surface area (Å²) < 4.78 is 20.2. The minimum atomic E-state index is 0.542. The Morgan fingerprint density at radius 2 is 1.02 bits per heavy atom. The first-order valence-corrected chi connectivity index (χ1v) is 18.0. The number of benzene rings is 8. The summed E-state index contributed by atoms with van der Waals surface area (Å²) >= 11 is 0. The van der Waals surface area contributed by atoms with E-state index < -0.39 is 0 Å². The van der Waals surface area contributed by atoms with Crippen molar-refractivity contribution >= 4 is 72.0 Å². The molecule has 11 rings (SSSR count). The number of hydrogen-bond donors (Lipinski definition) is 0. The predicted molar refractivity (Wildman–Crippen MR) is 220 cm³/mol. The molecule has 0 bridgehead atoms. The van der Waals surface area contributed by atoms with E-state index >= 15 is 0 Å². The molecule has 0 aliphatic carbocycles. The minimum absolute atomic E-state index is 0.542. The third kappa shape index (κ3) is 4.76. The lowest BCUT2D eigenvalue weighted by Gasteiger charge is -2.27. The quantitative estimate of drug-likeness (QED) is 0.173. The molecule has 54 heavy (non-hydrogen) atoms. The monoisotopic (exact) mass is 694 g/mol. The highest BCUT2D eigenvalue weighted by Gasteiger charge is 2.29. The molecule has 0 amide bonds. The van der Waals surface area contributed by atoms with Gasteiger partial charge in [-0.25, -0.2) is 4.98 Å². The molecule has 0 N–H and O–H groups in total. The number of rotatable bonds is 6. The molecule has 0 aliphatic rings. The topological polar surface area (TPSA) is 55.6 Å². The lowest BCUT2D eigenvalue weighted by Crippen LogP contribution is -2.11. The van der Waals surface area contributed by atoms with Gasteiger partial charge >= 0.3 is 0 Å². The summed E-state index contributed by atoms with van der Waals surface area (Å²) in [6, 6.07) is 62.6. The minimum Gasteiger partial charge on any atom is -0.456 e. The summed E-state index contributed by atoms with van der Waals surface area (Å²) in [7, 11) is 0. The third-order valence-corrected chi connectivity index (χ3v) is 10.3. The molecule has 0 aliphatic heterocycles. The van der Waals surface area contributed by atoms with Gasteiger partial charge in [-0.05, 0) is 76.9 Å². The Balaban J connectivity index is 1.29. The Morgan fingerprint density at radius 1 is 0.407 bits per heavy atom. The smallest absolute Gasteiger partial charge is 0.227 e. The third-order valence-electron chi connectivity index (χ3n) is 10.3. The molecule has 3 heterocycles. The Morgan fingerprint density at radius 3 is 1.76 bits per heavy atom. The van der Waals surface area contributed by atoms with Crippen LogP contribution in [0, 0.1) is 0 Å². The van der Waals surface area contributed by atoms with E-state index in [1.807, 2.05) is 66.7 Å². The van der Waals surface area contributed by atoms with E-state index in [9.17, 15) is 0 Å². The average Bonchev–Trinajstić information content (AvgIpc) is 3.95. The van der Waals surface area contributed by atoms with Crippen molar-refractivity contribution < 1.29 is 13.3 Å². The van der Waals surface area contributed by atoms with E-state index in [1.54, 1.807) is 0 Å². The fourth-order valence-corrected chi connectivity index (χ4v) is 7.86. The number of oxazole rings is 1. The Bertz CT molecular complexity index is 3160. The molecule has 0 unspecified atom stereocenters. The zero-order valence-electron chi connectivity index (χ0n) is 28.9. The van der Waals surface area contributed by atoms with E-state index in [4.69, 9.17) is 18.2 Å². The zero-order chi connectivity index (χ0) is 35.6. The van der Waals surface area contributed by atoms with Crippen LogP contribution in [0.3, 0.4) is 0 Å². The van der Waals surface area contributed by atoms with Crippen LogP contribution < -0.4 is 4.90 Å². The van der Waals surface area contributed by atoms with Crippen molar-refractivity contribution in [3.8, 4) is 33.7 Å². The van der Waals surface area contributed by atoms with Crippen LogP contribution in [0.5, 0.6) is 0 Å². The molecule has 0 fully saturated rings. The van der Waals surface area contributed by atoms with E-state index in [2.05, 4.69) is 120 Å². The standard InChI is InChI=1S/C49H30N2O3/c1-4-15-31(16-5-1)35-28-27-34(29-38(35)32-17-6-2-7-18-32)51(41-23-14-26-44-45(41)37-22-11-13-25-43(37)52-44)46-47-39(36-21-10-12-24-42(36)53-47)30-40-48(46)54-49(50-40)33-19-8-3-9-20-33/h1-30H. The van der Waals surface area contributed by atoms with Crippen molar-refractivity contribution in [3.63, 3.8) is 0 Å². The number of nitrogens with zero attached hydrogens (tertiary/aromatic N) is 2. The van der Waals surface area contributed by atoms with Crippen molar-refractivity contribution in [1.29, 1.82) is 0 Å². The summed E-state index contributed by atoms with van der Waals surface area (Å²) in [5.74, 6) is 0.542. The Kier molecular flexibility index (Phi) is 6.79. The molecule has 0 spiro atoms. The molecular formula is C49H30N2O3. The highest BCUT2D eigenvalue weighted by atomic mass is 16.4. The van der Waals surface area contributed by atoms with Gasteiger partial charge in [-0.15, -0.1) is 0 Å². The first-order chi connectivity index (χ1) is 26.8. The highest BCUT2D eigenvalue weighted by Crippen LogP contribution is 2.51. The van der Waals surface area contributed by atoms with Gasteiger partial charge in [-0.3, -0.25) is 0 Å². The van der Waals surface area contributed by atoms with Crippen LogP contribution in [-0.2, 0) is 0 Å². The summed E-state index contributed by atoms with van der Waals surface area (Å²) in [5, 5.41) is 3.98. The Hall–Kier alpha value is -7.37. The van der Waals surface area contributed by atoms with Crippen molar-refractivity contribution in [2.75, 3.05) is 4.90 Å². The summed E-state index contributed by atoms with van der Waals surface area (Å²) in [6.07, 6.45) is 0. The first-order valence-electron chi connectivity index (χ1n) is 18.0. The predicted octanol–water partition coefficient (Wildman–Crippen LogP) is 14.1. The molecule has 0 radical (unpaired) electrons. The second kappa shape index (κ2) is 12.1. The maximum atomic E-state index is 6.87. The summed E-state index contributed by atoms with van der Waals surface area (Å²) in [4.78, 5) is 7.39. The molecule has 3 aromatic heterocycles. The molecule has 5 heteroatoms. The maximum Gasteiger partial charge on any atom is 0.227 e. The first kappa shape index (κ1) is 30.3.